The SMILES string of the molecule is CC1(C)c2ccccc2C2(c3ccccc3-c3cc(-c4nc(-c5ccccc5)nc(-c5ccc(C#N)cc5)n4)ccc32)c2ccccc21. The fourth-order valence-electron chi connectivity index (χ4n) is 8.05. The van der Waals surface area contributed by atoms with Crippen LogP contribution in [0.4, 0.5) is 0 Å². The highest BCUT2D eigenvalue weighted by Gasteiger charge is 2.53. The van der Waals surface area contributed by atoms with E-state index in [9.17, 15) is 5.26 Å². The molecule has 0 atom stereocenters. The highest BCUT2D eigenvalue weighted by atomic mass is 15.0. The summed E-state index contributed by atoms with van der Waals surface area (Å²) in [5.41, 5.74) is 13.0. The maximum absolute atomic E-state index is 9.37. The van der Waals surface area contributed by atoms with Crippen LogP contribution in [0, 0.1) is 11.3 Å². The lowest BCUT2D eigenvalue weighted by Gasteiger charge is -2.46. The molecule has 6 aromatic carbocycles. The summed E-state index contributed by atoms with van der Waals surface area (Å²) in [5.74, 6) is 1.78. The van der Waals surface area contributed by atoms with Crippen molar-refractivity contribution in [3.63, 3.8) is 0 Å². The van der Waals surface area contributed by atoms with Gasteiger partial charge in [0.2, 0.25) is 0 Å². The summed E-state index contributed by atoms with van der Waals surface area (Å²) in [6.45, 7) is 4.69. The van der Waals surface area contributed by atoms with Crippen molar-refractivity contribution in [2.75, 3.05) is 0 Å². The van der Waals surface area contributed by atoms with Crippen LogP contribution in [0.15, 0.2) is 146 Å². The second kappa shape index (κ2) is 10.4. The molecule has 9 rings (SSSR count). The Morgan fingerprint density at radius 2 is 0.896 bits per heavy atom. The summed E-state index contributed by atoms with van der Waals surface area (Å²) in [7, 11) is 0. The summed E-state index contributed by atoms with van der Waals surface area (Å²) >= 11 is 0. The van der Waals surface area contributed by atoms with E-state index < -0.39 is 5.41 Å². The fourth-order valence-corrected chi connectivity index (χ4v) is 8.05. The molecule has 226 valence electrons. The Balaban J connectivity index is 1.30. The van der Waals surface area contributed by atoms with Crippen molar-refractivity contribution >= 4 is 0 Å². The Kier molecular flexibility index (Phi) is 6.09. The minimum absolute atomic E-state index is 0.142. The maximum atomic E-state index is 9.37. The zero-order chi connectivity index (χ0) is 32.5. The van der Waals surface area contributed by atoms with Gasteiger partial charge in [-0.15, -0.1) is 0 Å². The quantitative estimate of drug-likeness (QED) is 0.199. The van der Waals surface area contributed by atoms with Crippen LogP contribution in [-0.4, -0.2) is 15.0 Å². The van der Waals surface area contributed by atoms with Gasteiger partial charge in [0, 0.05) is 22.1 Å². The summed E-state index contributed by atoms with van der Waals surface area (Å²) in [5, 5.41) is 9.37. The molecular formula is C44H30N4. The highest BCUT2D eigenvalue weighted by Crippen LogP contribution is 2.62. The van der Waals surface area contributed by atoms with Crippen LogP contribution in [0.2, 0.25) is 0 Å². The lowest BCUT2D eigenvalue weighted by molar-refractivity contribution is 0.563. The molecule has 0 N–H and O–H groups in total. The average Bonchev–Trinajstić information content (AvgIpc) is 3.44. The third-order valence-corrected chi connectivity index (χ3v) is 10.3. The molecule has 1 aromatic heterocycles. The first-order valence-corrected chi connectivity index (χ1v) is 16.3. The van der Waals surface area contributed by atoms with Crippen LogP contribution in [0.5, 0.6) is 0 Å². The van der Waals surface area contributed by atoms with Gasteiger partial charge in [-0.1, -0.05) is 129 Å². The summed E-state index contributed by atoms with van der Waals surface area (Å²) in [6.07, 6.45) is 0. The molecule has 0 saturated heterocycles. The van der Waals surface area contributed by atoms with Gasteiger partial charge >= 0.3 is 0 Å². The lowest BCUT2D eigenvalue weighted by Crippen LogP contribution is -2.40. The molecule has 0 aliphatic heterocycles. The van der Waals surface area contributed by atoms with Crippen molar-refractivity contribution in [1.82, 2.24) is 15.0 Å². The van der Waals surface area contributed by atoms with Crippen LogP contribution in [0.25, 0.3) is 45.3 Å². The maximum Gasteiger partial charge on any atom is 0.164 e. The predicted molar refractivity (Wildman–Crippen MR) is 190 cm³/mol. The summed E-state index contributed by atoms with van der Waals surface area (Å²) in [6, 6.07) is 53.2. The Labute approximate surface area is 280 Å². The number of hydrogen-bond donors (Lipinski definition) is 0. The van der Waals surface area contributed by atoms with Crippen LogP contribution in [0.1, 0.15) is 52.8 Å². The molecule has 1 spiro atoms. The highest BCUT2D eigenvalue weighted by molar-refractivity contribution is 5.90. The van der Waals surface area contributed by atoms with Crippen LogP contribution in [0.3, 0.4) is 0 Å². The van der Waals surface area contributed by atoms with Gasteiger partial charge < -0.3 is 0 Å². The first-order valence-electron chi connectivity index (χ1n) is 16.3. The van der Waals surface area contributed by atoms with Gasteiger partial charge in [0.25, 0.3) is 0 Å². The van der Waals surface area contributed by atoms with E-state index >= 15 is 0 Å². The molecule has 0 bridgehead atoms. The number of nitriles is 1. The Hall–Kier alpha value is -6.18. The first-order chi connectivity index (χ1) is 23.5. The van der Waals surface area contributed by atoms with Gasteiger partial charge in [0.15, 0.2) is 17.5 Å². The normalized spacial score (nSPS) is 14.4. The van der Waals surface area contributed by atoms with Gasteiger partial charge in [-0.25, -0.2) is 15.0 Å². The number of rotatable bonds is 3. The second-order valence-electron chi connectivity index (χ2n) is 13.1. The smallest absolute Gasteiger partial charge is 0.164 e. The van der Waals surface area contributed by atoms with Crippen molar-refractivity contribution in [3.8, 4) is 51.4 Å². The van der Waals surface area contributed by atoms with Gasteiger partial charge in [-0.2, -0.15) is 5.26 Å². The largest absolute Gasteiger partial charge is 0.208 e. The molecule has 2 aliphatic rings. The van der Waals surface area contributed by atoms with E-state index in [-0.39, 0.29) is 5.41 Å². The molecule has 2 aliphatic carbocycles. The summed E-state index contributed by atoms with van der Waals surface area (Å²) < 4.78 is 0. The van der Waals surface area contributed by atoms with E-state index in [0.717, 1.165) is 16.7 Å². The molecule has 0 unspecified atom stereocenters. The third-order valence-electron chi connectivity index (χ3n) is 10.3. The Bertz CT molecular complexity index is 2390. The molecule has 48 heavy (non-hydrogen) atoms. The lowest BCUT2D eigenvalue weighted by atomic mass is 9.55. The van der Waals surface area contributed by atoms with E-state index in [1.807, 2.05) is 42.5 Å². The van der Waals surface area contributed by atoms with Crippen LogP contribution < -0.4 is 0 Å². The standard InChI is InChI=1S/C44H30N4/c1-43(2)36-16-8-10-18-38(36)44(39-19-11-9-17-37(39)43)34-15-7-6-14-32(34)33-26-31(24-25-35(33)44)42-47-40(29-12-4-3-5-13-29)46-41(48-42)30-22-20-28(27-45)21-23-30/h3-26H,1-2H3. The Morgan fingerprint density at radius 1 is 0.438 bits per heavy atom. The third kappa shape index (κ3) is 3.91. The molecule has 7 aromatic rings. The van der Waals surface area contributed by atoms with Crippen molar-refractivity contribution in [2.45, 2.75) is 24.7 Å². The fraction of sp³-hybridized carbons (Fsp3) is 0.0909. The molecule has 0 amide bonds. The van der Waals surface area contributed by atoms with E-state index in [4.69, 9.17) is 15.0 Å². The first kappa shape index (κ1) is 28.1. The van der Waals surface area contributed by atoms with Crippen LogP contribution in [-0.2, 0) is 10.8 Å². The van der Waals surface area contributed by atoms with Crippen molar-refractivity contribution < 1.29 is 0 Å². The number of benzene rings is 6. The molecule has 0 fully saturated rings. The van der Waals surface area contributed by atoms with Gasteiger partial charge in [-0.3, -0.25) is 0 Å². The van der Waals surface area contributed by atoms with Crippen molar-refractivity contribution in [3.05, 3.63) is 185 Å². The second-order valence-corrected chi connectivity index (χ2v) is 13.1. The minimum Gasteiger partial charge on any atom is -0.208 e. The zero-order valence-corrected chi connectivity index (χ0v) is 26.6. The van der Waals surface area contributed by atoms with Gasteiger partial charge in [0.1, 0.15) is 0 Å². The number of aromatic nitrogens is 3. The number of fused-ring (bicyclic) bond motifs is 9. The number of hydrogen-bond acceptors (Lipinski definition) is 4. The minimum atomic E-state index is -0.449. The zero-order valence-electron chi connectivity index (χ0n) is 26.6. The Morgan fingerprint density at radius 3 is 1.50 bits per heavy atom. The van der Waals surface area contributed by atoms with Gasteiger partial charge in [-0.05, 0) is 74.8 Å². The molecule has 4 nitrogen and oxygen atoms in total. The molecule has 4 heteroatoms. The average molecular weight is 615 g/mol. The van der Waals surface area contributed by atoms with E-state index in [1.54, 1.807) is 12.1 Å². The van der Waals surface area contributed by atoms with E-state index in [2.05, 4.69) is 111 Å². The molecule has 0 saturated carbocycles. The van der Waals surface area contributed by atoms with Gasteiger partial charge in [0.05, 0.1) is 17.0 Å². The number of nitrogens with zero attached hydrogens (tertiary/aromatic N) is 4. The molecule has 1 heterocycles. The van der Waals surface area contributed by atoms with E-state index in [1.165, 1.54) is 44.5 Å². The summed E-state index contributed by atoms with van der Waals surface area (Å²) in [4.78, 5) is 15.0. The predicted octanol–water partition coefficient (Wildman–Crippen LogP) is 9.75. The van der Waals surface area contributed by atoms with Crippen molar-refractivity contribution in [2.24, 2.45) is 0 Å². The van der Waals surface area contributed by atoms with Crippen molar-refractivity contribution in [1.29, 1.82) is 5.26 Å². The van der Waals surface area contributed by atoms with E-state index in [0.29, 0.717) is 23.0 Å². The monoisotopic (exact) mass is 614 g/mol. The topological polar surface area (TPSA) is 62.5 Å². The molecular weight excluding hydrogens is 585 g/mol. The molecule has 0 radical (unpaired) electrons. The van der Waals surface area contributed by atoms with Crippen LogP contribution >= 0.6 is 0 Å².